The fourth-order valence-corrected chi connectivity index (χ4v) is 1.64. The molecule has 5 nitrogen and oxygen atoms in total. The molecule has 0 unspecified atom stereocenters. The van der Waals surface area contributed by atoms with Gasteiger partial charge in [0.1, 0.15) is 0 Å². The molecular weight excluding hydrogens is 206 g/mol. The van der Waals surface area contributed by atoms with Crippen molar-refractivity contribution < 1.29 is 9.53 Å². The predicted octanol–water partition coefficient (Wildman–Crippen LogP) is 0.416. The number of nitrogens with zero attached hydrogens (tertiary/aromatic N) is 1. The van der Waals surface area contributed by atoms with E-state index in [1.165, 1.54) is 4.90 Å². The minimum absolute atomic E-state index is 0.0399. The van der Waals surface area contributed by atoms with Gasteiger partial charge < -0.3 is 20.3 Å². The lowest BCUT2D eigenvalue weighted by molar-refractivity contribution is 0.0319. The lowest BCUT2D eigenvalue weighted by Crippen LogP contribution is -2.36. The normalized spacial score (nSPS) is 17.1. The Kier molecular flexibility index (Phi) is 6.18. The molecule has 0 aliphatic carbocycles. The first kappa shape index (κ1) is 13.3. The van der Waals surface area contributed by atoms with E-state index in [1.54, 1.807) is 14.1 Å². The number of hydrogen-bond acceptors (Lipinski definition) is 3. The van der Waals surface area contributed by atoms with Crippen LogP contribution >= 0.6 is 0 Å². The molecule has 1 rings (SSSR count). The van der Waals surface area contributed by atoms with E-state index in [0.29, 0.717) is 12.6 Å². The summed E-state index contributed by atoms with van der Waals surface area (Å²) in [6.45, 7) is 3.53. The number of hydrogen-bond donors (Lipinski definition) is 2. The summed E-state index contributed by atoms with van der Waals surface area (Å²) in [5.74, 6) is 0. The molecule has 0 spiro atoms. The van der Waals surface area contributed by atoms with E-state index < -0.39 is 0 Å². The maximum atomic E-state index is 11.2. The molecule has 0 aromatic rings. The summed E-state index contributed by atoms with van der Waals surface area (Å²) in [6, 6.07) is -0.0399. The Hall–Kier alpha value is -0.810. The van der Waals surface area contributed by atoms with Crippen molar-refractivity contribution in [2.24, 2.45) is 0 Å². The molecule has 5 heteroatoms. The lowest BCUT2D eigenvalue weighted by Gasteiger charge is -2.23. The smallest absolute Gasteiger partial charge is 0.316 e. The molecule has 1 fully saturated rings. The van der Waals surface area contributed by atoms with Gasteiger partial charge in [0.05, 0.1) is 6.10 Å². The van der Waals surface area contributed by atoms with Gasteiger partial charge in [-0.05, 0) is 32.4 Å². The standard InChI is InChI=1S/C11H23N3O2/c1-14(2)11(15)13-6-3-9-16-10-4-7-12-8-5-10/h10,12H,3-9H2,1-2H3,(H,13,15). The molecule has 0 aromatic carbocycles. The number of carbonyl (C=O) groups excluding carboxylic acids is 1. The number of rotatable bonds is 5. The molecule has 1 saturated heterocycles. The second-order valence-electron chi connectivity index (χ2n) is 4.30. The van der Waals surface area contributed by atoms with Crippen LogP contribution in [0.4, 0.5) is 4.79 Å². The van der Waals surface area contributed by atoms with Crippen LogP contribution in [0.15, 0.2) is 0 Å². The summed E-state index contributed by atoms with van der Waals surface area (Å²) >= 11 is 0. The summed E-state index contributed by atoms with van der Waals surface area (Å²) in [5.41, 5.74) is 0. The first-order valence-corrected chi connectivity index (χ1v) is 5.97. The van der Waals surface area contributed by atoms with Crippen molar-refractivity contribution in [3.63, 3.8) is 0 Å². The maximum Gasteiger partial charge on any atom is 0.316 e. The van der Waals surface area contributed by atoms with Crippen LogP contribution in [0.3, 0.4) is 0 Å². The lowest BCUT2D eigenvalue weighted by atomic mass is 10.1. The van der Waals surface area contributed by atoms with Crippen molar-refractivity contribution in [1.29, 1.82) is 0 Å². The highest BCUT2D eigenvalue weighted by Gasteiger charge is 2.12. The van der Waals surface area contributed by atoms with Crippen LogP contribution in [-0.4, -0.2) is 57.4 Å². The summed E-state index contributed by atoms with van der Waals surface area (Å²) in [7, 11) is 3.47. The molecule has 2 N–H and O–H groups in total. The Bertz CT molecular complexity index is 203. The molecule has 1 aliphatic rings. The monoisotopic (exact) mass is 229 g/mol. The third-order valence-corrected chi connectivity index (χ3v) is 2.64. The number of carbonyl (C=O) groups is 1. The van der Waals surface area contributed by atoms with Crippen molar-refractivity contribution in [2.75, 3.05) is 40.3 Å². The Balaban J connectivity index is 1.93. The Morgan fingerprint density at radius 2 is 2.12 bits per heavy atom. The van der Waals surface area contributed by atoms with E-state index >= 15 is 0 Å². The molecule has 0 saturated carbocycles. The topological polar surface area (TPSA) is 53.6 Å². The Labute approximate surface area is 97.5 Å². The van der Waals surface area contributed by atoms with Gasteiger partial charge in [-0.25, -0.2) is 4.79 Å². The highest BCUT2D eigenvalue weighted by Crippen LogP contribution is 2.06. The zero-order valence-corrected chi connectivity index (χ0v) is 10.3. The number of piperidine rings is 1. The third-order valence-electron chi connectivity index (χ3n) is 2.64. The molecule has 94 valence electrons. The van der Waals surface area contributed by atoms with Gasteiger partial charge in [0.25, 0.3) is 0 Å². The summed E-state index contributed by atoms with van der Waals surface area (Å²) in [5, 5.41) is 6.12. The van der Waals surface area contributed by atoms with Gasteiger partial charge in [0.15, 0.2) is 0 Å². The molecule has 0 radical (unpaired) electrons. The highest BCUT2D eigenvalue weighted by atomic mass is 16.5. The molecule has 1 heterocycles. The van der Waals surface area contributed by atoms with Crippen LogP contribution in [0.25, 0.3) is 0 Å². The molecule has 1 aliphatic heterocycles. The van der Waals surface area contributed by atoms with Gasteiger partial charge in [0, 0.05) is 27.2 Å². The average molecular weight is 229 g/mol. The van der Waals surface area contributed by atoms with E-state index in [9.17, 15) is 4.79 Å². The SMILES string of the molecule is CN(C)C(=O)NCCCOC1CCNCC1. The van der Waals surface area contributed by atoms with Crippen molar-refractivity contribution in [3.8, 4) is 0 Å². The average Bonchev–Trinajstić information content (AvgIpc) is 2.29. The van der Waals surface area contributed by atoms with Crippen molar-refractivity contribution in [2.45, 2.75) is 25.4 Å². The van der Waals surface area contributed by atoms with Crippen LogP contribution in [0.2, 0.25) is 0 Å². The molecule has 0 bridgehead atoms. The second kappa shape index (κ2) is 7.46. The largest absolute Gasteiger partial charge is 0.378 e. The van der Waals surface area contributed by atoms with Crippen molar-refractivity contribution >= 4 is 6.03 Å². The first-order chi connectivity index (χ1) is 7.70. The van der Waals surface area contributed by atoms with Crippen molar-refractivity contribution in [1.82, 2.24) is 15.5 Å². The number of nitrogens with one attached hydrogen (secondary N) is 2. The summed E-state index contributed by atoms with van der Waals surface area (Å²) < 4.78 is 5.72. The minimum Gasteiger partial charge on any atom is -0.378 e. The molecule has 2 amide bonds. The maximum absolute atomic E-state index is 11.2. The molecular formula is C11H23N3O2. The third kappa shape index (κ3) is 5.32. The van der Waals surface area contributed by atoms with E-state index in [-0.39, 0.29) is 6.03 Å². The van der Waals surface area contributed by atoms with Crippen LogP contribution in [0.1, 0.15) is 19.3 Å². The Morgan fingerprint density at radius 1 is 1.44 bits per heavy atom. The van der Waals surface area contributed by atoms with E-state index in [4.69, 9.17) is 4.74 Å². The zero-order chi connectivity index (χ0) is 11.8. The van der Waals surface area contributed by atoms with E-state index in [2.05, 4.69) is 10.6 Å². The van der Waals surface area contributed by atoms with E-state index in [0.717, 1.165) is 39.0 Å². The molecule has 0 atom stereocenters. The fraction of sp³-hybridized carbons (Fsp3) is 0.909. The molecule has 0 aromatic heterocycles. The van der Waals surface area contributed by atoms with E-state index in [1.807, 2.05) is 0 Å². The second-order valence-corrected chi connectivity index (χ2v) is 4.30. The highest BCUT2D eigenvalue weighted by molar-refractivity contribution is 5.73. The Morgan fingerprint density at radius 3 is 2.75 bits per heavy atom. The number of urea groups is 1. The van der Waals surface area contributed by atoms with Gasteiger partial charge in [-0.3, -0.25) is 0 Å². The fourth-order valence-electron chi connectivity index (χ4n) is 1.64. The van der Waals surface area contributed by atoms with Gasteiger partial charge in [-0.15, -0.1) is 0 Å². The van der Waals surface area contributed by atoms with Crippen LogP contribution < -0.4 is 10.6 Å². The summed E-state index contributed by atoms with van der Waals surface area (Å²) in [6.07, 6.45) is 3.49. The molecule has 16 heavy (non-hydrogen) atoms. The minimum atomic E-state index is -0.0399. The number of ether oxygens (including phenoxy) is 1. The first-order valence-electron chi connectivity index (χ1n) is 5.97. The quantitative estimate of drug-likeness (QED) is 0.672. The summed E-state index contributed by atoms with van der Waals surface area (Å²) in [4.78, 5) is 12.7. The van der Waals surface area contributed by atoms with Gasteiger partial charge in [0.2, 0.25) is 0 Å². The zero-order valence-electron chi connectivity index (χ0n) is 10.3. The van der Waals surface area contributed by atoms with Gasteiger partial charge >= 0.3 is 6.03 Å². The van der Waals surface area contributed by atoms with Crippen LogP contribution in [0, 0.1) is 0 Å². The van der Waals surface area contributed by atoms with Crippen LogP contribution in [-0.2, 0) is 4.74 Å². The van der Waals surface area contributed by atoms with Gasteiger partial charge in [-0.1, -0.05) is 0 Å². The van der Waals surface area contributed by atoms with Crippen LogP contribution in [0.5, 0.6) is 0 Å². The predicted molar refractivity (Wildman–Crippen MR) is 63.5 cm³/mol. The van der Waals surface area contributed by atoms with Gasteiger partial charge in [-0.2, -0.15) is 0 Å². The number of amides is 2. The van der Waals surface area contributed by atoms with Crippen molar-refractivity contribution in [3.05, 3.63) is 0 Å².